The maximum atomic E-state index is 7.76. The molecule has 6 heavy (non-hydrogen) atoms. The van der Waals surface area contributed by atoms with Crippen LogP contribution in [0.2, 0.25) is 0 Å². The third-order valence-electron chi connectivity index (χ3n) is 0.158. The van der Waals surface area contributed by atoms with Crippen LogP contribution in [-0.2, 0) is 0 Å². The molecule has 0 heterocycles. The smallest absolute Gasteiger partial charge is 0.0929 e. The number of rotatable bonds is 1. The minimum atomic E-state index is 0.0694. The maximum Gasteiger partial charge on any atom is 0.0929 e. The van der Waals surface area contributed by atoms with Crippen LogP contribution < -0.4 is 17.0 Å². The first-order valence-electron chi connectivity index (χ1n) is 1.50. The van der Waals surface area contributed by atoms with Gasteiger partial charge in [0.2, 0.25) is 0 Å². The molecule has 0 amide bonds. The summed E-state index contributed by atoms with van der Waals surface area (Å²) in [4.78, 5) is 0. The third-order valence-corrected chi connectivity index (χ3v) is 0.158. The molecule has 0 saturated heterocycles. The van der Waals surface area contributed by atoms with Gasteiger partial charge in [-0.25, -0.2) is 0 Å². The van der Waals surface area contributed by atoms with E-state index in [4.69, 9.17) is 5.11 Å². The molecule has 0 aliphatic heterocycles. The van der Waals surface area contributed by atoms with Crippen LogP contribution in [0, 0.1) is 0 Å². The number of hydrogen-bond acceptors (Lipinski definition) is 4. The minimum absolute atomic E-state index is 0.0694. The SMILES string of the molecule is CNCO.NN. The molecule has 0 rings (SSSR count). The monoisotopic (exact) mass is 93.1 g/mol. The van der Waals surface area contributed by atoms with Crippen LogP contribution in [0.25, 0.3) is 0 Å². The Morgan fingerprint density at radius 3 is 1.83 bits per heavy atom. The van der Waals surface area contributed by atoms with Crippen molar-refractivity contribution in [3.63, 3.8) is 0 Å². The average molecular weight is 93.1 g/mol. The van der Waals surface area contributed by atoms with Gasteiger partial charge in [-0.1, -0.05) is 0 Å². The molecule has 0 radical (unpaired) electrons. The largest absolute Gasteiger partial charge is 0.381 e. The van der Waals surface area contributed by atoms with Crippen LogP contribution in [-0.4, -0.2) is 18.9 Å². The molecule has 40 valence electrons. The lowest BCUT2D eigenvalue weighted by atomic mass is 11.2. The van der Waals surface area contributed by atoms with Crippen molar-refractivity contribution in [1.29, 1.82) is 0 Å². The molecule has 0 aliphatic rings. The molecule has 4 nitrogen and oxygen atoms in total. The minimum Gasteiger partial charge on any atom is -0.381 e. The van der Waals surface area contributed by atoms with Gasteiger partial charge >= 0.3 is 0 Å². The molecule has 0 bridgehead atoms. The van der Waals surface area contributed by atoms with E-state index in [1.165, 1.54) is 0 Å². The molecule has 0 fully saturated rings. The standard InChI is InChI=1S/C2H7NO.H4N2/c1-3-2-4;1-2/h3-4H,2H2,1H3;1-2H2. The van der Waals surface area contributed by atoms with E-state index in [1.807, 2.05) is 0 Å². The van der Waals surface area contributed by atoms with Crippen molar-refractivity contribution in [2.24, 2.45) is 11.7 Å². The summed E-state index contributed by atoms with van der Waals surface area (Å²) in [7, 11) is 1.68. The zero-order valence-corrected chi connectivity index (χ0v) is 3.81. The van der Waals surface area contributed by atoms with Crippen molar-refractivity contribution in [2.45, 2.75) is 0 Å². The van der Waals surface area contributed by atoms with Crippen LogP contribution >= 0.6 is 0 Å². The molecule has 6 N–H and O–H groups in total. The van der Waals surface area contributed by atoms with Crippen LogP contribution in [0.1, 0.15) is 0 Å². The van der Waals surface area contributed by atoms with Gasteiger partial charge in [0.05, 0.1) is 6.73 Å². The summed E-state index contributed by atoms with van der Waals surface area (Å²) in [6.45, 7) is 0.0694. The normalized spacial score (nSPS) is 6.00. The number of nitrogens with one attached hydrogen (secondary N) is 1. The highest BCUT2D eigenvalue weighted by atomic mass is 16.3. The first-order valence-corrected chi connectivity index (χ1v) is 1.50. The fourth-order valence-corrected chi connectivity index (χ4v) is 0. The summed E-state index contributed by atoms with van der Waals surface area (Å²) in [6.07, 6.45) is 0. The van der Waals surface area contributed by atoms with E-state index in [9.17, 15) is 0 Å². The Morgan fingerprint density at radius 1 is 1.67 bits per heavy atom. The summed E-state index contributed by atoms with van der Waals surface area (Å²) >= 11 is 0. The first-order chi connectivity index (χ1) is 2.91. The molecule has 0 unspecified atom stereocenters. The maximum absolute atomic E-state index is 7.76. The summed E-state index contributed by atoms with van der Waals surface area (Å²) < 4.78 is 0. The van der Waals surface area contributed by atoms with Crippen LogP contribution in [0.15, 0.2) is 0 Å². The Bertz CT molecular complexity index is 10.8. The van der Waals surface area contributed by atoms with Gasteiger partial charge in [-0.15, -0.1) is 0 Å². The molecular weight excluding hydrogens is 82.0 g/mol. The Balaban J connectivity index is 0. The molecule has 0 spiro atoms. The molecule has 0 saturated carbocycles. The first kappa shape index (κ1) is 9.28. The van der Waals surface area contributed by atoms with Gasteiger partial charge in [-0.05, 0) is 7.05 Å². The van der Waals surface area contributed by atoms with E-state index in [2.05, 4.69) is 17.0 Å². The second-order valence-electron chi connectivity index (χ2n) is 0.512. The van der Waals surface area contributed by atoms with Gasteiger partial charge < -0.3 is 5.11 Å². The zero-order valence-electron chi connectivity index (χ0n) is 3.81. The van der Waals surface area contributed by atoms with Crippen molar-refractivity contribution < 1.29 is 5.11 Å². The molecule has 0 atom stereocenters. The van der Waals surface area contributed by atoms with Crippen LogP contribution in [0.5, 0.6) is 0 Å². The second-order valence-corrected chi connectivity index (χ2v) is 0.512. The Morgan fingerprint density at radius 2 is 1.83 bits per heavy atom. The fourth-order valence-electron chi connectivity index (χ4n) is 0. The average Bonchev–Trinajstić information content (AvgIpc) is 1.72. The van der Waals surface area contributed by atoms with Crippen molar-refractivity contribution in [1.82, 2.24) is 5.32 Å². The van der Waals surface area contributed by atoms with E-state index in [-0.39, 0.29) is 6.73 Å². The van der Waals surface area contributed by atoms with Gasteiger partial charge in [0.25, 0.3) is 0 Å². The quantitative estimate of drug-likeness (QED) is 0.171. The number of aliphatic hydroxyl groups is 1. The highest BCUT2D eigenvalue weighted by Gasteiger charge is 1.50. The fraction of sp³-hybridized carbons (Fsp3) is 1.00. The van der Waals surface area contributed by atoms with Gasteiger partial charge in [-0.3, -0.25) is 17.0 Å². The van der Waals surface area contributed by atoms with E-state index < -0.39 is 0 Å². The Kier molecular flexibility index (Phi) is 32.6. The number of aliphatic hydroxyl groups excluding tert-OH is 1. The van der Waals surface area contributed by atoms with E-state index in [0.717, 1.165) is 0 Å². The number of nitrogens with two attached hydrogens (primary N) is 2. The van der Waals surface area contributed by atoms with Crippen molar-refractivity contribution in [3.8, 4) is 0 Å². The molecule has 4 heteroatoms. The lowest BCUT2D eigenvalue weighted by Crippen LogP contribution is -2.04. The van der Waals surface area contributed by atoms with E-state index >= 15 is 0 Å². The lowest BCUT2D eigenvalue weighted by molar-refractivity contribution is 0.273. The van der Waals surface area contributed by atoms with Crippen molar-refractivity contribution in [2.75, 3.05) is 13.8 Å². The number of hydrazine groups is 1. The van der Waals surface area contributed by atoms with Crippen molar-refractivity contribution >= 4 is 0 Å². The van der Waals surface area contributed by atoms with Crippen LogP contribution in [0.3, 0.4) is 0 Å². The zero-order chi connectivity index (χ0) is 5.41. The molecule has 0 aromatic heterocycles. The molecule has 0 aromatic carbocycles. The number of hydrogen-bond donors (Lipinski definition) is 4. The van der Waals surface area contributed by atoms with E-state index in [0.29, 0.717) is 0 Å². The summed E-state index contributed by atoms with van der Waals surface area (Å²) in [5.74, 6) is 8.00. The predicted molar refractivity (Wildman–Crippen MR) is 24.5 cm³/mol. The highest BCUT2D eigenvalue weighted by molar-refractivity contribution is 4.02. The van der Waals surface area contributed by atoms with Crippen LogP contribution in [0.4, 0.5) is 0 Å². The molecule has 0 aromatic rings. The third kappa shape index (κ3) is 43.9. The Labute approximate surface area is 37.1 Å². The molecule has 0 aliphatic carbocycles. The molecular formula is C2H11N3O. The Hall–Kier alpha value is -0.160. The topological polar surface area (TPSA) is 84.3 Å². The second kappa shape index (κ2) is 21.1. The van der Waals surface area contributed by atoms with Crippen molar-refractivity contribution in [3.05, 3.63) is 0 Å². The lowest BCUT2D eigenvalue weighted by Gasteiger charge is -1.76. The predicted octanol–water partition coefficient (Wildman–Crippen LogP) is -2.03. The summed E-state index contributed by atoms with van der Waals surface area (Å²) in [5.41, 5.74) is 0. The summed E-state index contributed by atoms with van der Waals surface area (Å²) in [5, 5.41) is 10.2. The summed E-state index contributed by atoms with van der Waals surface area (Å²) in [6, 6.07) is 0. The van der Waals surface area contributed by atoms with Gasteiger partial charge in [0, 0.05) is 0 Å². The van der Waals surface area contributed by atoms with E-state index in [1.54, 1.807) is 7.05 Å². The van der Waals surface area contributed by atoms with Gasteiger partial charge in [-0.2, -0.15) is 0 Å². The van der Waals surface area contributed by atoms with Gasteiger partial charge in [0.1, 0.15) is 0 Å². The van der Waals surface area contributed by atoms with Gasteiger partial charge in [0.15, 0.2) is 0 Å². The highest BCUT2D eigenvalue weighted by Crippen LogP contribution is 1.24.